The zero-order valence-corrected chi connectivity index (χ0v) is 6.16. The quantitative estimate of drug-likeness (QED) is 0.302. The maximum absolute atomic E-state index is 10.8. The Morgan fingerprint density at radius 1 is 1.73 bits per heavy atom. The highest BCUT2D eigenvalue weighted by molar-refractivity contribution is 5.78. The van der Waals surface area contributed by atoms with E-state index in [2.05, 4.69) is 16.6 Å². The minimum Gasteiger partial charge on any atom is -0.469 e. The SMILES string of the molecule is COC(=O)[C@H]1C[C@@H]1C#CC=O. The van der Waals surface area contributed by atoms with E-state index < -0.39 is 0 Å². The second kappa shape index (κ2) is 3.20. The monoisotopic (exact) mass is 152 g/mol. The van der Waals surface area contributed by atoms with E-state index in [1.165, 1.54) is 7.11 Å². The summed E-state index contributed by atoms with van der Waals surface area (Å²) in [5, 5.41) is 0. The number of hydrogen-bond donors (Lipinski definition) is 0. The molecule has 0 heterocycles. The first kappa shape index (κ1) is 7.80. The van der Waals surface area contributed by atoms with E-state index in [1.807, 2.05) is 0 Å². The van der Waals surface area contributed by atoms with Crippen molar-refractivity contribution in [3.8, 4) is 11.8 Å². The predicted octanol–water partition coefficient (Wildman–Crippen LogP) is -0.00220. The molecule has 0 aliphatic heterocycles. The molecule has 3 nitrogen and oxygen atoms in total. The van der Waals surface area contributed by atoms with Crippen molar-refractivity contribution >= 4 is 12.3 Å². The minimum atomic E-state index is -0.227. The topological polar surface area (TPSA) is 43.4 Å². The van der Waals surface area contributed by atoms with Crippen LogP contribution in [0, 0.1) is 23.7 Å². The lowest BCUT2D eigenvalue weighted by molar-refractivity contribution is -0.142. The summed E-state index contributed by atoms with van der Waals surface area (Å²) in [6.07, 6.45) is 1.26. The fraction of sp³-hybridized carbons (Fsp3) is 0.500. The average molecular weight is 152 g/mol. The second-order valence-corrected chi connectivity index (χ2v) is 2.38. The van der Waals surface area contributed by atoms with Gasteiger partial charge in [-0.15, -0.1) is 0 Å². The van der Waals surface area contributed by atoms with Crippen LogP contribution in [0.2, 0.25) is 0 Å². The third-order valence-electron chi connectivity index (χ3n) is 1.62. The molecule has 0 amide bonds. The van der Waals surface area contributed by atoms with Crippen molar-refractivity contribution in [1.29, 1.82) is 0 Å². The Morgan fingerprint density at radius 3 is 3.00 bits per heavy atom. The standard InChI is InChI=1S/C8H8O3/c1-11-8(10)7-5-6(7)3-2-4-9/h4,6-7H,5H2,1H3/t6-,7-/m0/s1. The van der Waals surface area contributed by atoms with Crippen LogP contribution >= 0.6 is 0 Å². The van der Waals surface area contributed by atoms with Gasteiger partial charge in [0.2, 0.25) is 0 Å². The maximum atomic E-state index is 10.8. The molecule has 3 heteroatoms. The van der Waals surface area contributed by atoms with E-state index in [9.17, 15) is 9.59 Å². The molecule has 0 unspecified atom stereocenters. The molecule has 1 aliphatic rings. The van der Waals surface area contributed by atoms with E-state index >= 15 is 0 Å². The van der Waals surface area contributed by atoms with Gasteiger partial charge in [0, 0.05) is 5.92 Å². The van der Waals surface area contributed by atoms with Crippen molar-refractivity contribution in [3.05, 3.63) is 0 Å². The van der Waals surface area contributed by atoms with Gasteiger partial charge in [0.25, 0.3) is 0 Å². The summed E-state index contributed by atoms with van der Waals surface area (Å²) in [6.45, 7) is 0. The molecule has 0 N–H and O–H groups in total. The van der Waals surface area contributed by atoms with Crippen LogP contribution in [0.4, 0.5) is 0 Å². The first-order valence-electron chi connectivity index (χ1n) is 3.32. The van der Waals surface area contributed by atoms with E-state index in [0.29, 0.717) is 6.29 Å². The Labute approximate surface area is 64.7 Å². The van der Waals surface area contributed by atoms with Crippen LogP contribution in [0.5, 0.6) is 0 Å². The van der Waals surface area contributed by atoms with E-state index in [1.54, 1.807) is 0 Å². The number of aldehydes is 1. The van der Waals surface area contributed by atoms with Crippen molar-refractivity contribution in [3.63, 3.8) is 0 Å². The van der Waals surface area contributed by atoms with Crippen LogP contribution in [0.25, 0.3) is 0 Å². The molecule has 1 rings (SSSR count). The molecular weight excluding hydrogens is 144 g/mol. The molecule has 0 aromatic heterocycles. The molecular formula is C8H8O3. The highest BCUT2D eigenvalue weighted by atomic mass is 16.5. The first-order valence-corrected chi connectivity index (χ1v) is 3.32. The van der Waals surface area contributed by atoms with E-state index in [0.717, 1.165) is 6.42 Å². The van der Waals surface area contributed by atoms with Gasteiger partial charge in [-0.05, 0) is 12.3 Å². The summed E-state index contributed by atoms with van der Waals surface area (Å²) < 4.78 is 4.49. The Hall–Kier alpha value is -1.30. The van der Waals surface area contributed by atoms with E-state index in [4.69, 9.17) is 0 Å². The van der Waals surface area contributed by atoms with Crippen molar-refractivity contribution < 1.29 is 14.3 Å². The van der Waals surface area contributed by atoms with Gasteiger partial charge >= 0.3 is 5.97 Å². The van der Waals surface area contributed by atoms with Gasteiger partial charge in [0.15, 0.2) is 6.29 Å². The van der Waals surface area contributed by atoms with Gasteiger partial charge in [-0.25, -0.2) is 0 Å². The number of rotatable bonds is 1. The molecule has 1 saturated carbocycles. The van der Waals surface area contributed by atoms with Crippen LogP contribution in [-0.2, 0) is 14.3 Å². The number of ether oxygens (including phenoxy) is 1. The molecule has 2 atom stereocenters. The zero-order chi connectivity index (χ0) is 8.27. The number of carbonyl (C=O) groups is 2. The Bertz CT molecular complexity index is 233. The fourth-order valence-electron chi connectivity index (χ4n) is 0.907. The Kier molecular flexibility index (Phi) is 2.27. The summed E-state index contributed by atoms with van der Waals surface area (Å²) in [5.41, 5.74) is 0. The van der Waals surface area contributed by atoms with Crippen molar-refractivity contribution in [1.82, 2.24) is 0 Å². The van der Waals surface area contributed by atoms with Crippen molar-refractivity contribution in [2.24, 2.45) is 11.8 Å². The first-order chi connectivity index (χ1) is 5.29. The third kappa shape index (κ3) is 1.81. The van der Waals surface area contributed by atoms with Crippen molar-refractivity contribution in [2.45, 2.75) is 6.42 Å². The smallest absolute Gasteiger partial charge is 0.309 e. The molecule has 1 fully saturated rings. The normalized spacial score (nSPS) is 26.3. The largest absolute Gasteiger partial charge is 0.469 e. The number of hydrogen-bond acceptors (Lipinski definition) is 3. The molecule has 11 heavy (non-hydrogen) atoms. The summed E-state index contributed by atoms with van der Waals surface area (Å²) in [4.78, 5) is 20.6. The lowest BCUT2D eigenvalue weighted by Gasteiger charge is -1.91. The van der Waals surface area contributed by atoms with Gasteiger partial charge in [0.05, 0.1) is 13.0 Å². The lowest BCUT2D eigenvalue weighted by atomic mass is 10.3. The highest BCUT2D eigenvalue weighted by Gasteiger charge is 2.42. The summed E-state index contributed by atoms with van der Waals surface area (Å²) >= 11 is 0. The summed E-state index contributed by atoms with van der Waals surface area (Å²) in [7, 11) is 1.35. The molecule has 0 saturated heterocycles. The van der Waals surface area contributed by atoms with E-state index in [-0.39, 0.29) is 17.8 Å². The minimum absolute atomic E-state index is 0.0487. The number of esters is 1. The molecule has 58 valence electrons. The molecule has 0 aromatic carbocycles. The van der Waals surface area contributed by atoms with Gasteiger partial charge in [-0.1, -0.05) is 5.92 Å². The highest BCUT2D eigenvalue weighted by Crippen LogP contribution is 2.38. The predicted molar refractivity (Wildman–Crippen MR) is 37.5 cm³/mol. The van der Waals surface area contributed by atoms with Crippen LogP contribution in [0.1, 0.15) is 6.42 Å². The molecule has 1 aliphatic carbocycles. The molecule has 0 spiro atoms. The number of carbonyl (C=O) groups excluding carboxylic acids is 2. The average Bonchev–Trinajstić information content (AvgIpc) is 2.78. The fourth-order valence-corrected chi connectivity index (χ4v) is 0.907. The van der Waals surface area contributed by atoms with Crippen LogP contribution in [0.15, 0.2) is 0 Å². The Morgan fingerprint density at radius 2 is 2.45 bits per heavy atom. The maximum Gasteiger partial charge on any atom is 0.309 e. The molecule has 0 bridgehead atoms. The van der Waals surface area contributed by atoms with Gasteiger partial charge in [-0.2, -0.15) is 0 Å². The lowest BCUT2D eigenvalue weighted by Crippen LogP contribution is -2.03. The third-order valence-corrected chi connectivity index (χ3v) is 1.62. The van der Waals surface area contributed by atoms with Gasteiger partial charge < -0.3 is 4.74 Å². The molecule has 0 radical (unpaired) electrons. The van der Waals surface area contributed by atoms with Gasteiger partial charge in [0.1, 0.15) is 0 Å². The Balaban J connectivity index is 2.37. The van der Waals surface area contributed by atoms with Crippen LogP contribution < -0.4 is 0 Å². The van der Waals surface area contributed by atoms with Crippen LogP contribution in [-0.4, -0.2) is 19.4 Å². The van der Waals surface area contributed by atoms with Crippen LogP contribution in [0.3, 0.4) is 0 Å². The zero-order valence-electron chi connectivity index (χ0n) is 6.16. The summed E-state index contributed by atoms with van der Waals surface area (Å²) in [5.74, 6) is 4.67. The number of methoxy groups -OCH3 is 1. The second-order valence-electron chi connectivity index (χ2n) is 2.38. The summed E-state index contributed by atoms with van der Waals surface area (Å²) in [6, 6.07) is 0. The van der Waals surface area contributed by atoms with Gasteiger partial charge in [-0.3, -0.25) is 9.59 Å². The molecule has 0 aromatic rings. The van der Waals surface area contributed by atoms with Crippen molar-refractivity contribution in [2.75, 3.05) is 7.11 Å².